The molecule has 160 valence electrons. The number of benzene rings is 3. The van der Waals surface area contributed by atoms with Crippen molar-refractivity contribution in [2.75, 3.05) is 24.3 Å². The molecule has 3 aromatic rings. The predicted octanol–water partition coefficient (Wildman–Crippen LogP) is 4.29. The summed E-state index contributed by atoms with van der Waals surface area (Å²) in [5.41, 5.74) is 5.36. The Bertz CT molecular complexity index is 1040. The zero-order valence-corrected chi connectivity index (χ0v) is 18.0. The van der Waals surface area contributed by atoms with E-state index in [0.29, 0.717) is 17.8 Å². The smallest absolute Gasteiger partial charge is 0.251 e. The van der Waals surface area contributed by atoms with E-state index in [-0.39, 0.29) is 18.4 Å². The molecule has 3 rings (SSSR count). The molecule has 6 nitrogen and oxygen atoms in total. The minimum atomic E-state index is -0.176. The van der Waals surface area contributed by atoms with Crippen LogP contribution in [0.4, 0.5) is 11.4 Å². The van der Waals surface area contributed by atoms with Crippen molar-refractivity contribution in [3.63, 3.8) is 0 Å². The van der Waals surface area contributed by atoms with E-state index in [1.165, 1.54) is 5.56 Å². The maximum Gasteiger partial charge on any atom is 0.251 e. The fraction of sp³-hybridized carbons (Fsp3) is 0.200. The Hall–Kier alpha value is -3.80. The molecule has 0 bridgehead atoms. The molecule has 6 heteroatoms. The summed E-state index contributed by atoms with van der Waals surface area (Å²) in [7, 11) is 1.62. The summed E-state index contributed by atoms with van der Waals surface area (Å²) >= 11 is 0. The zero-order chi connectivity index (χ0) is 22.2. The minimum Gasteiger partial charge on any atom is -0.497 e. The third kappa shape index (κ3) is 6.34. The number of methoxy groups -OCH3 is 1. The van der Waals surface area contributed by atoms with Crippen LogP contribution in [0.15, 0.2) is 66.7 Å². The summed E-state index contributed by atoms with van der Waals surface area (Å²) in [5.74, 6) is 0.443. The number of ether oxygens (including phenoxy) is 1. The minimum absolute atomic E-state index is 0.156. The van der Waals surface area contributed by atoms with Crippen molar-refractivity contribution in [1.82, 2.24) is 5.32 Å². The second-order valence-electron chi connectivity index (χ2n) is 7.33. The molecule has 0 aliphatic rings. The first-order valence-electron chi connectivity index (χ1n) is 10.1. The molecular formula is C25H27N3O3. The lowest BCUT2D eigenvalue weighted by Crippen LogP contribution is -2.23. The number of rotatable bonds is 8. The van der Waals surface area contributed by atoms with Gasteiger partial charge in [-0.15, -0.1) is 0 Å². The van der Waals surface area contributed by atoms with Crippen molar-refractivity contribution in [2.24, 2.45) is 0 Å². The van der Waals surface area contributed by atoms with E-state index >= 15 is 0 Å². The van der Waals surface area contributed by atoms with Gasteiger partial charge in [-0.3, -0.25) is 9.59 Å². The van der Waals surface area contributed by atoms with Crippen LogP contribution in [0.5, 0.6) is 5.75 Å². The van der Waals surface area contributed by atoms with Gasteiger partial charge in [-0.25, -0.2) is 0 Å². The molecule has 0 aliphatic carbocycles. The van der Waals surface area contributed by atoms with Crippen molar-refractivity contribution in [2.45, 2.75) is 20.4 Å². The van der Waals surface area contributed by atoms with Gasteiger partial charge in [0.05, 0.1) is 13.7 Å². The lowest BCUT2D eigenvalue weighted by atomic mass is 10.1. The third-order valence-electron chi connectivity index (χ3n) is 4.86. The van der Waals surface area contributed by atoms with Gasteiger partial charge in [0.1, 0.15) is 5.75 Å². The van der Waals surface area contributed by atoms with Crippen LogP contribution in [0.1, 0.15) is 27.0 Å². The Labute approximate surface area is 182 Å². The normalized spacial score (nSPS) is 10.3. The van der Waals surface area contributed by atoms with E-state index in [1.807, 2.05) is 50.2 Å². The number of aryl methyl sites for hydroxylation is 2. The Morgan fingerprint density at radius 2 is 1.61 bits per heavy atom. The van der Waals surface area contributed by atoms with Crippen molar-refractivity contribution >= 4 is 23.2 Å². The maximum atomic E-state index is 12.4. The first kappa shape index (κ1) is 21.9. The van der Waals surface area contributed by atoms with Crippen molar-refractivity contribution in [1.29, 1.82) is 0 Å². The average molecular weight is 418 g/mol. The van der Waals surface area contributed by atoms with E-state index in [2.05, 4.69) is 22.0 Å². The van der Waals surface area contributed by atoms with Crippen molar-refractivity contribution in [3.05, 3.63) is 89.0 Å². The van der Waals surface area contributed by atoms with Crippen LogP contribution < -0.4 is 20.7 Å². The SMILES string of the molecule is COc1ccc(CNC(=O)c2ccc(NC(=O)CNc3ccc(C)cc3C)cc2)cc1. The van der Waals surface area contributed by atoms with Gasteiger partial charge >= 0.3 is 0 Å². The highest BCUT2D eigenvalue weighted by Gasteiger charge is 2.08. The van der Waals surface area contributed by atoms with Crippen LogP contribution in [-0.4, -0.2) is 25.5 Å². The van der Waals surface area contributed by atoms with Crippen LogP contribution in [0.25, 0.3) is 0 Å². The molecule has 0 atom stereocenters. The number of amides is 2. The molecular weight excluding hydrogens is 390 g/mol. The van der Waals surface area contributed by atoms with Crippen LogP contribution >= 0.6 is 0 Å². The van der Waals surface area contributed by atoms with Crippen LogP contribution in [0.3, 0.4) is 0 Å². The standard InChI is InChI=1S/C25H27N3O3/c1-17-4-13-23(18(2)14-17)26-16-24(29)28-21-9-7-20(8-10-21)25(30)27-15-19-5-11-22(31-3)12-6-19/h4-14,26H,15-16H2,1-3H3,(H,27,30)(H,28,29). The highest BCUT2D eigenvalue weighted by atomic mass is 16.5. The van der Waals surface area contributed by atoms with E-state index in [1.54, 1.807) is 31.4 Å². The van der Waals surface area contributed by atoms with Gasteiger partial charge < -0.3 is 20.7 Å². The molecule has 0 heterocycles. The molecule has 0 radical (unpaired) electrons. The van der Waals surface area contributed by atoms with Crippen molar-refractivity contribution < 1.29 is 14.3 Å². The van der Waals surface area contributed by atoms with Crippen LogP contribution in [0.2, 0.25) is 0 Å². The number of hydrogen-bond donors (Lipinski definition) is 3. The summed E-state index contributed by atoms with van der Waals surface area (Å²) in [6.45, 7) is 4.62. The lowest BCUT2D eigenvalue weighted by molar-refractivity contribution is -0.114. The highest BCUT2D eigenvalue weighted by molar-refractivity contribution is 5.96. The van der Waals surface area contributed by atoms with Crippen LogP contribution in [0, 0.1) is 13.8 Å². The molecule has 31 heavy (non-hydrogen) atoms. The van der Waals surface area contributed by atoms with Crippen molar-refractivity contribution in [3.8, 4) is 5.75 Å². The largest absolute Gasteiger partial charge is 0.497 e. The molecule has 0 spiro atoms. The summed E-state index contributed by atoms with van der Waals surface area (Å²) in [6, 6.07) is 20.4. The van der Waals surface area contributed by atoms with E-state index in [0.717, 1.165) is 22.6 Å². The summed E-state index contributed by atoms with van der Waals surface area (Å²) in [6.07, 6.45) is 0. The first-order chi connectivity index (χ1) is 14.9. The fourth-order valence-electron chi connectivity index (χ4n) is 3.13. The summed E-state index contributed by atoms with van der Waals surface area (Å²) in [4.78, 5) is 24.6. The zero-order valence-electron chi connectivity index (χ0n) is 18.0. The van der Waals surface area contributed by atoms with Gasteiger partial charge in [0.15, 0.2) is 0 Å². The monoisotopic (exact) mass is 417 g/mol. The molecule has 2 amide bonds. The number of nitrogens with one attached hydrogen (secondary N) is 3. The molecule has 3 N–H and O–H groups in total. The number of carbonyl (C=O) groups is 2. The quantitative estimate of drug-likeness (QED) is 0.511. The number of hydrogen-bond acceptors (Lipinski definition) is 4. The molecule has 0 aromatic heterocycles. The summed E-state index contributed by atoms with van der Waals surface area (Å²) < 4.78 is 5.13. The molecule has 3 aromatic carbocycles. The fourth-order valence-corrected chi connectivity index (χ4v) is 3.13. The van der Waals surface area contributed by atoms with Crippen LogP contribution in [-0.2, 0) is 11.3 Å². The average Bonchev–Trinajstić information content (AvgIpc) is 2.77. The molecule has 0 saturated carbocycles. The van der Waals surface area contributed by atoms with Gasteiger partial charge in [0.25, 0.3) is 5.91 Å². The van der Waals surface area contributed by atoms with E-state index in [4.69, 9.17) is 4.74 Å². The predicted molar refractivity (Wildman–Crippen MR) is 124 cm³/mol. The van der Waals surface area contributed by atoms with E-state index in [9.17, 15) is 9.59 Å². The number of carbonyl (C=O) groups excluding carboxylic acids is 2. The Morgan fingerprint density at radius 3 is 2.26 bits per heavy atom. The number of anilines is 2. The second kappa shape index (κ2) is 10.3. The van der Waals surface area contributed by atoms with Gasteiger partial charge in [-0.05, 0) is 67.4 Å². The highest BCUT2D eigenvalue weighted by Crippen LogP contribution is 2.16. The molecule has 0 aliphatic heterocycles. The molecule has 0 saturated heterocycles. The lowest BCUT2D eigenvalue weighted by Gasteiger charge is -2.11. The first-order valence-corrected chi connectivity index (χ1v) is 10.1. The van der Waals surface area contributed by atoms with Gasteiger partial charge in [-0.1, -0.05) is 29.8 Å². The maximum absolute atomic E-state index is 12.4. The summed E-state index contributed by atoms with van der Waals surface area (Å²) in [5, 5.41) is 8.86. The Kier molecular flexibility index (Phi) is 7.27. The van der Waals surface area contributed by atoms with Gasteiger partial charge in [0, 0.05) is 23.5 Å². The third-order valence-corrected chi connectivity index (χ3v) is 4.86. The van der Waals surface area contributed by atoms with E-state index < -0.39 is 0 Å². The topological polar surface area (TPSA) is 79.5 Å². The Morgan fingerprint density at radius 1 is 0.903 bits per heavy atom. The second-order valence-corrected chi connectivity index (χ2v) is 7.33. The molecule has 0 fully saturated rings. The van der Waals surface area contributed by atoms with Gasteiger partial charge in [-0.2, -0.15) is 0 Å². The Balaban J connectivity index is 1.48. The molecule has 0 unspecified atom stereocenters. The van der Waals surface area contributed by atoms with Gasteiger partial charge in [0.2, 0.25) is 5.91 Å².